The molecule has 24 heavy (non-hydrogen) atoms. The van der Waals surface area contributed by atoms with Gasteiger partial charge in [-0.2, -0.15) is 0 Å². The van der Waals surface area contributed by atoms with Gasteiger partial charge in [0.1, 0.15) is 11.6 Å². The van der Waals surface area contributed by atoms with E-state index in [-0.39, 0.29) is 29.5 Å². The van der Waals surface area contributed by atoms with E-state index >= 15 is 0 Å². The van der Waals surface area contributed by atoms with Crippen molar-refractivity contribution in [2.45, 2.75) is 19.4 Å². The van der Waals surface area contributed by atoms with E-state index in [1.807, 2.05) is 24.3 Å². The molecule has 1 aliphatic heterocycles. The van der Waals surface area contributed by atoms with E-state index in [1.54, 1.807) is 12.1 Å². The van der Waals surface area contributed by atoms with Crippen LogP contribution < -0.4 is 10.6 Å². The second-order valence-corrected chi connectivity index (χ2v) is 6.59. The summed E-state index contributed by atoms with van der Waals surface area (Å²) < 4.78 is 13.3. The van der Waals surface area contributed by atoms with Crippen LogP contribution in [0.15, 0.2) is 60.3 Å². The molecule has 0 aromatic heterocycles. The monoisotopic (exact) mass is 322 g/mol. The number of fused-ring (bicyclic) bond motifs is 2. The van der Waals surface area contributed by atoms with Crippen LogP contribution in [0.4, 0.5) is 15.8 Å². The highest BCUT2D eigenvalue weighted by Crippen LogP contribution is 2.42. The van der Waals surface area contributed by atoms with Gasteiger partial charge >= 0.3 is 0 Å². The molecule has 2 aromatic rings. The fraction of sp³-hybridized carbons (Fsp3) is 0.250. The maximum absolute atomic E-state index is 13.3. The van der Waals surface area contributed by atoms with Crippen molar-refractivity contribution >= 4 is 17.2 Å². The van der Waals surface area contributed by atoms with Crippen LogP contribution >= 0.6 is 0 Å². The van der Waals surface area contributed by atoms with E-state index in [4.69, 9.17) is 0 Å². The van der Waals surface area contributed by atoms with Gasteiger partial charge in [0.25, 0.3) is 0 Å². The van der Waals surface area contributed by atoms with E-state index in [0.717, 1.165) is 22.6 Å². The number of hydrogen-bond donors (Lipinski definition) is 2. The molecular weight excluding hydrogens is 303 g/mol. The Morgan fingerprint density at radius 3 is 2.50 bits per heavy atom. The summed E-state index contributed by atoms with van der Waals surface area (Å²) in [5.41, 5.74) is 3.75. The van der Waals surface area contributed by atoms with Crippen molar-refractivity contribution in [2.24, 2.45) is 11.8 Å². The Morgan fingerprint density at radius 1 is 1.04 bits per heavy atom. The van der Waals surface area contributed by atoms with Crippen molar-refractivity contribution < 1.29 is 9.18 Å². The minimum atomic E-state index is -0.293. The van der Waals surface area contributed by atoms with E-state index in [0.29, 0.717) is 6.42 Å². The lowest BCUT2D eigenvalue weighted by molar-refractivity contribution is -0.123. The van der Waals surface area contributed by atoms with Crippen molar-refractivity contribution in [3.63, 3.8) is 0 Å². The summed E-state index contributed by atoms with van der Waals surface area (Å²) in [6.07, 6.45) is 2.68. The highest BCUT2D eigenvalue weighted by Gasteiger charge is 2.38. The largest absolute Gasteiger partial charge is 0.375 e. The minimum Gasteiger partial charge on any atom is -0.375 e. The average molecular weight is 322 g/mol. The van der Waals surface area contributed by atoms with Crippen LogP contribution in [0.25, 0.3) is 0 Å². The molecule has 2 N–H and O–H groups in total. The first-order chi connectivity index (χ1) is 11.6. The molecule has 4 rings (SSSR count). The lowest BCUT2D eigenvalue weighted by Crippen LogP contribution is -2.33. The average Bonchev–Trinajstić information content (AvgIpc) is 2.72. The molecule has 2 aromatic carbocycles. The molecule has 0 spiro atoms. The molecular formula is C20H19FN2O. The van der Waals surface area contributed by atoms with Gasteiger partial charge < -0.3 is 10.6 Å². The topological polar surface area (TPSA) is 41.1 Å². The SMILES string of the molecule is C[C@@H]1C=C2Nc3ccccc3N[C@H](c3ccc(F)cc3)[C@H]2C(=O)C1. The predicted octanol–water partition coefficient (Wildman–Crippen LogP) is 4.51. The van der Waals surface area contributed by atoms with Crippen LogP contribution in [0.5, 0.6) is 0 Å². The van der Waals surface area contributed by atoms with Crippen molar-refractivity contribution in [2.75, 3.05) is 10.6 Å². The third-order valence-electron chi connectivity index (χ3n) is 4.75. The molecule has 0 saturated carbocycles. The molecule has 0 radical (unpaired) electrons. The molecule has 2 aliphatic rings. The van der Waals surface area contributed by atoms with Crippen LogP contribution in [0.3, 0.4) is 0 Å². The number of halogens is 1. The van der Waals surface area contributed by atoms with Gasteiger partial charge in [-0.05, 0) is 35.7 Å². The first-order valence-corrected chi connectivity index (χ1v) is 8.24. The van der Waals surface area contributed by atoms with Crippen LogP contribution in [0, 0.1) is 17.7 Å². The van der Waals surface area contributed by atoms with Crippen molar-refractivity contribution in [3.8, 4) is 0 Å². The smallest absolute Gasteiger partial charge is 0.144 e. The molecule has 0 saturated heterocycles. The van der Waals surface area contributed by atoms with Crippen LogP contribution in [0.2, 0.25) is 0 Å². The Kier molecular flexibility index (Phi) is 3.60. The Balaban J connectivity index is 1.85. The van der Waals surface area contributed by atoms with Crippen LogP contribution in [-0.2, 0) is 4.79 Å². The maximum Gasteiger partial charge on any atom is 0.144 e. The lowest BCUT2D eigenvalue weighted by atomic mass is 9.79. The molecule has 0 bridgehead atoms. The maximum atomic E-state index is 13.3. The van der Waals surface area contributed by atoms with Gasteiger partial charge in [-0.15, -0.1) is 0 Å². The number of benzene rings is 2. The molecule has 0 amide bonds. The molecule has 0 fully saturated rings. The van der Waals surface area contributed by atoms with E-state index < -0.39 is 0 Å². The van der Waals surface area contributed by atoms with Gasteiger partial charge in [0.2, 0.25) is 0 Å². The molecule has 3 atom stereocenters. The minimum absolute atomic E-state index is 0.210. The number of carbonyl (C=O) groups excluding carboxylic acids is 1. The van der Waals surface area contributed by atoms with Crippen LogP contribution in [-0.4, -0.2) is 5.78 Å². The fourth-order valence-corrected chi connectivity index (χ4v) is 3.64. The van der Waals surface area contributed by atoms with Crippen LogP contribution in [0.1, 0.15) is 24.9 Å². The summed E-state index contributed by atoms with van der Waals surface area (Å²) in [5, 5.41) is 6.93. The quantitative estimate of drug-likeness (QED) is 0.811. The fourth-order valence-electron chi connectivity index (χ4n) is 3.64. The lowest BCUT2D eigenvalue weighted by Gasteiger charge is -2.31. The Bertz CT molecular complexity index is 813. The number of hydrogen-bond acceptors (Lipinski definition) is 3. The normalized spacial score (nSPS) is 25.5. The number of anilines is 2. The summed E-state index contributed by atoms with van der Waals surface area (Å²) in [4.78, 5) is 12.8. The van der Waals surface area contributed by atoms with Crippen molar-refractivity contribution in [1.29, 1.82) is 0 Å². The molecule has 0 unspecified atom stereocenters. The van der Waals surface area contributed by atoms with Gasteiger partial charge in [-0.3, -0.25) is 4.79 Å². The number of nitrogens with one attached hydrogen (secondary N) is 2. The molecule has 1 aliphatic carbocycles. The number of carbonyl (C=O) groups is 1. The summed E-state index contributed by atoms with van der Waals surface area (Å²) in [6.45, 7) is 2.06. The number of ketones is 1. The Hall–Kier alpha value is -2.62. The van der Waals surface area contributed by atoms with Gasteiger partial charge in [0.05, 0.1) is 23.3 Å². The summed E-state index contributed by atoms with van der Waals surface area (Å²) in [5.74, 6) is -0.137. The third-order valence-corrected chi connectivity index (χ3v) is 4.75. The number of Topliss-reactive ketones (excluding diaryl/α,β-unsaturated/α-hetero) is 1. The zero-order valence-electron chi connectivity index (χ0n) is 13.4. The highest BCUT2D eigenvalue weighted by atomic mass is 19.1. The highest BCUT2D eigenvalue weighted by molar-refractivity contribution is 5.89. The van der Waals surface area contributed by atoms with Crippen molar-refractivity contribution in [3.05, 3.63) is 71.7 Å². The molecule has 4 heteroatoms. The number of allylic oxidation sites excluding steroid dienone is 1. The second-order valence-electron chi connectivity index (χ2n) is 6.59. The Morgan fingerprint density at radius 2 is 1.75 bits per heavy atom. The standard InChI is InChI=1S/C20H19FN2O/c1-12-10-17-19(18(24)11-12)20(13-6-8-14(21)9-7-13)23-16-5-3-2-4-15(16)22-17/h2-10,12,19-20,22-23H,11H2,1H3/t12-,19-,20-/m1/s1. The van der Waals surface area contributed by atoms with E-state index in [9.17, 15) is 9.18 Å². The summed E-state index contributed by atoms with van der Waals surface area (Å²) in [7, 11) is 0. The second kappa shape index (κ2) is 5.78. The number of rotatable bonds is 1. The zero-order chi connectivity index (χ0) is 16.7. The van der Waals surface area contributed by atoms with Gasteiger partial charge in [-0.25, -0.2) is 4.39 Å². The molecule has 1 heterocycles. The predicted molar refractivity (Wildman–Crippen MR) is 93.2 cm³/mol. The summed E-state index contributed by atoms with van der Waals surface area (Å²) >= 11 is 0. The zero-order valence-corrected chi connectivity index (χ0v) is 13.4. The van der Waals surface area contributed by atoms with Crippen molar-refractivity contribution in [1.82, 2.24) is 0 Å². The first kappa shape index (κ1) is 14.9. The van der Waals surface area contributed by atoms with E-state index in [2.05, 4.69) is 23.6 Å². The molecule has 3 nitrogen and oxygen atoms in total. The van der Waals surface area contributed by atoms with Gasteiger partial charge in [0, 0.05) is 12.1 Å². The molecule has 122 valence electrons. The summed E-state index contributed by atoms with van der Waals surface area (Å²) in [6, 6.07) is 14.1. The third kappa shape index (κ3) is 2.58. The van der Waals surface area contributed by atoms with Gasteiger partial charge in [-0.1, -0.05) is 37.3 Å². The van der Waals surface area contributed by atoms with Gasteiger partial charge in [0.15, 0.2) is 0 Å². The van der Waals surface area contributed by atoms with E-state index in [1.165, 1.54) is 12.1 Å². The first-order valence-electron chi connectivity index (χ1n) is 8.24. The Labute approximate surface area is 140 Å². The number of para-hydroxylation sites is 2.